The Morgan fingerprint density at radius 2 is 1.74 bits per heavy atom. The number of hydrogen-bond acceptors (Lipinski definition) is 10. The Morgan fingerprint density at radius 3 is 2.40 bits per heavy atom. The number of nitrogens with zero attached hydrogens (tertiary/aromatic N) is 3. The Hall–Kier alpha value is -2.84. The lowest BCUT2D eigenvalue weighted by Crippen LogP contribution is -2.30. The summed E-state index contributed by atoms with van der Waals surface area (Å²) in [5.74, 6) is -0.878. The molecule has 1 aliphatic rings. The number of benzene rings is 2. The summed E-state index contributed by atoms with van der Waals surface area (Å²) in [7, 11) is -8.92. The largest absolute Gasteiger partial charge is 0.858 e. The second kappa shape index (κ2) is 9.66. The maximum absolute atomic E-state index is 13.0. The molecule has 0 amide bonds. The maximum atomic E-state index is 13.0. The summed E-state index contributed by atoms with van der Waals surface area (Å²) >= 11 is 1.54. The first-order chi connectivity index (χ1) is 16.4. The molecule has 0 saturated carbocycles. The van der Waals surface area contributed by atoms with Gasteiger partial charge in [-0.1, -0.05) is 36.0 Å². The maximum Gasteiger partial charge on any atom is 0.124 e. The standard InChI is InChI=1S/C22H23N3O7S3/c1-15-18(22(26)25(23-15)16-7-9-17(10-8-16)35(30,31)32)11-12-21-24(13-4-14-34(27,28)29)19-5-2-3-6-20(19)33-21/h2-3,5-12,21,26H,4,13-14H2,1H3,(H,27,28,29)(H,30,31,32)/p-3. The molecule has 1 unspecified atom stereocenters. The SMILES string of the molecule is Cc1nn(-c2ccc(S(=O)(=O)[O-])cc2)c([O-])c1C=CC1Sc2ccccc2N1CCCS(=O)(=O)[O-]. The van der Waals surface area contributed by atoms with Crippen LogP contribution in [0.2, 0.25) is 0 Å². The highest BCUT2D eigenvalue weighted by molar-refractivity contribution is 8.00. The van der Waals surface area contributed by atoms with E-state index < -0.39 is 36.8 Å². The molecule has 1 aliphatic heterocycles. The number of para-hydroxylation sites is 1. The average Bonchev–Trinajstić information content (AvgIpc) is 3.27. The highest BCUT2D eigenvalue weighted by Gasteiger charge is 2.27. The summed E-state index contributed by atoms with van der Waals surface area (Å²) < 4.78 is 67.6. The fraction of sp³-hybridized carbons (Fsp3) is 0.227. The van der Waals surface area contributed by atoms with Gasteiger partial charge >= 0.3 is 0 Å². The third-order valence-corrected chi connectivity index (χ3v) is 8.27. The zero-order valence-electron chi connectivity index (χ0n) is 18.4. The smallest absolute Gasteiger partial charge is 0.124 e. The molecule has 0 spiro atoms. The van der Waals surface area contributed by atoms with Gasteiger partial charge in [-0.3, -0.25) is 0 Å². The van der Waals surface area contributed by atoms with Crippen LogP contribution in [0.3, 0.4) is 0 Å². The van der Waals surface area contributed by atoms with Gasteiger partial charge in [-0.15, -0.1) is 0 Å². The molecule has 3 aromatic rings. The number of thioether (sulfide) groups is 1. The third kappa shape index (κ3) is 5.70. The molecule has 186 valence electrons. The van der Waals surface area contributed by atoms with Crippen molar-refractivity contribution in [3.63, 3.8) is 0 Å². The highest BCUT2D eigenvalue weighted by atomic mass is 32.2. The molecule has 1 aromatic heterocycles. The van der Waals surface area contributed by atoms with Gasteiger partial charge in [0.15, 0.2) is 0 Å². The molecule has 0 fully saturated rings. The molecule has 1 atom stereocenters. The van der Waals surface area contributed by atoms with Crippen LogP contribution in [0, 0.1) is 6.92 Å². The Bertz CT molecular complexity index is 1480. The predicted octanol–water partition coefficient (Wildman–Crippen LogP) is 2.05. The van der Waals surface area contributed by atoms with Crippen molar-refractivity contribution < 1.29 is 31.0 Å². The summed E-state index contributed by atoms with van der Waals surface area (Å²) in [5, 5.41) is 17.0. The van der Waals surface area contributed by atoms with Gasteiger partial charge in [0.1, 0.15) is 10.1 Å². The van der Waals surface area contributed by atoms with Crippen LogP contribution in [-0.2, 0) is 20.2 Å². The molecule has 0 saturated heterocycles. The normalized spacial score (nSPS) is 16.2. The molecule has 0 bridgehead atoms. The van der Waals surface area contributed by atoms with Crippen LogP contribution in [0.4, 0.5) is 5.69 Å². The van der Waals surface area contributed by atoms with Crippen LogP contribution in [0.25, 0.3) is 11.8 Å². The monoisotopic (exact) mass is 534 g/mol. The van der Waals surface area contributed by atoms with E-state index in [1.807, 2.05) is 35.2 Å². The highest BCUT2D eigenvalue weighted by Crippen LogP contribution is 2.44. The number of rotatable bonds is 8. The van der Waals surface area contributed by atoms with E-state index >= 15 is 0 Å². The molecule has 0 radical (unpaired) electrons. The molecule has 2 aromatic carbocycles. The summed E-state index contributed by atoms with van der Waals surface area (Å²) in [6, 6.07) is 12.5. The van der Waals surface area contributed by atoms with Crippen molar-refractivity contribution in [2.45, 2.75) is 28.5 Å². The molecule has 0 N–H and O–H groups in total. The van der Waals surface area contributed by atoms with E-state index in [2.05, 4.69) is 5.10 Å². The van der Waals surface area contributed by atoms with Gasteiger partial charge in [0, 0.05) is 22.8 Å². The second-order valence-electron chi connectivity index (χ2n) is 7.81. The number of hydrogen-bond donors (Lipinski definition) is 0. The Balaban J connectivity index is 1.58. The van der Waals surface area contributed by atoms with Crippen LogP contribution in [-0.4, -0.2) is 53.4 Å². The van der Waals surface area contributed by atoms with Crippen LogP contribution in [0.5, 0.6) is 5.88 Å². The Labute approximate surface area is 207 Å². The van der Waals surface area contributed by atoms with Crippen molar-refractivity contribution in [1.82, 2.24) is 9.78 Å². The molecule has 2 heterocycles. The first-order valence-electron chi connectivity index (χ1n) is 10.4. The first-order valence-corrected chi connectivity index (χ1v) is 14.3. The summed E-state index contributed by atoms with van der Waals surface area (Å²) in [5.41, 5.74) is 2.02. The lowest BCUT2D eigenvalue weighted by Gasteiger charge is -2.25. The van der Waals surface area contributed by atoms with Crippen molar-refractivity contribution in [1.29, 1.82) is 0 Å². The molecule has 10 nitrogen and oxygen atoms in total. The minimum atomic E-state index is -4.60. The fourth-order valence-corrected chi connectivity index (χ4v) is 5.92. The molecule has 4 rings (SSSR count). The summed E-state index contributed by atoms with van der Waals surface area (Å²) in [6.07, 6.45) is 3.64. The van der Waals surface area contributed by atoms with E-state index in [4.69, 9.17) is 0 Å². The van der Waals surface area contributed by atoms with Crippen molar-refractivity contribution in [3.8, 4) is 11.6 Å². The zero-order chi connectivity index (χ0) is 25.4. The molecule has 35 heavy (non-hydrogen) atoms. The third-order valence-electron chi connectivity index (χ3n) is 5.38. The Morgan fingerprint density at radius 1 is 1.06 bits per heavy atom. The van der Waals surface area contributed by atoms with E-state index in [0.29, 0.717) is 23.5 Å². The fourth-order valence-electron chi connectivity index (χ4n) is 3.74. The summed E-state index contributed by atoms with van der Waals surface area (Å²) in [4.78, 5) is 2.57. The van der Waals surface area contributed by atoms with E-state index in [9.17, 15) is 31.0 Å². The van der Waals surface area contributed by atoms with E-state index in [0.717, 1.165) is 27.4 Å². The van der Waals surface area contributed by atoms with Gasteiger partial charge in [-0.25, -0.2) is 21.5 Å². The number of aromatic nitrogens is 2. The lowest BCUT2D eigenvalue weighted by atomic mass is 10.2. The molecular formula is C22H20N3O7S3-3. The van der Waals surface area contributed by atoms with Crippen LogP contribution < -0.4 is 10.0 Å². The van der Waals surface area contributed by atoms with E-state index in [-0.39, 0.29) is 11.8 Å². The number of anilines is 1. The summed E-state index contributed by atoms with van der Waals surface area (Å²) in [6.45, 7) is 2.01. The zero-order valence-corrected chi connectivity index (χ0v) is 20.8. The minimum absolute atomic E-state index is 0.171. The molecule has 0 aliphatic carbocycles. The van der Waals surface area contributed by atoms with Crippen molar-refractivity contribution in [3.05, 3.63) is 65.9 Å². The van der Waals surface area contributed by atoms with Crippen LogP contribution >= 0.6 is 11.8 Å². The average molecular weight is 535 g/mol. The molecular weight excluding hydrogens is 514 g/mol. The topological polar surface area (TPSA) is 159 Å². The second-order valence-corrected chi connectivity index (χ2v) is 11.9. The van der Waals surface area contributed by atoms with Crippen molar-refractivity contribution in [2.75, 3.05) is 17.2 Å². The quantitative estimate of drug-likeness (QED) is 0.391. The van der Waals surface area contributed by atoms with Gasteiger partial charge in [-0.2, -0.15) is 5.10 Å². The van der Waals surface area contributed by atoms with Gasteiger partial charge in [0.05, 0.1) is 37.5 Å². The van der Waals surface area contributed by atoms with E-state index in [1.54, 1.807) is 13.0 Å². The number of aryl methyl sites for hydroxylation is 1. The van der Waals surface area contributed by atoms with Gasteiger partial charge in [-0.05, 0) is 55.6 Å². The van der Waals surface area contributed by atoms with Gasteiger partial charge in [0.25, 0.3) is 0 Å². The minimum Gasteiger partial charge on any atom is -0.858 e. The Kier molecular flexibility index (Phi) is 6.97. The van der Waals surface area contributed by atoms with Crippen LogP contribution in [0.1, 0.15) is 17.7 Å². The van der Waals surface area contributed by atoms with Crippen molar-refractivity contribution >= 4 is 43.8 Å². The van der Waals surface area contributed by atoms with Gasteiger partial charge in [0.2, 0.25) is 0 Å². The van der Waals surface area contributed by atoms with Gasteiger partial charge < -0.3 is 19.1 Å². The first kappa shape index (κ1) is 25.3. The molecule has 13 heteroatoms. The number of fused-ring (bicyclic) bond motifs is 1. The van der Waals surface area contributed by atoms with E-state index in [1.165, 1.54) is 23.9 Å². The lowest BCUT2D eigenvalue weighted by molar-refractivity contribution is -0.278. The van der Waals surface area contributed by atoms with Crippen molar-refractivity contribution in [2.24, 2.45) is 0 Å². The predicted molar refractivity (Wildman–Crippen MR) is 127 cm³/mol. The van der Waals surface area contributed by atoms with Crippen LogP contribution in [0.15, 0.2) is 64.4 Å².